The van der Waals surface area contributed by atoms with Crippen molar-refractivity contribution < 1.29 is 19.4 Å². The van der Waals surface area contributed by atoms with E-state index in [-0.39, 0.29) is 12.5 Å². The first-order valence-electron chi connectivity index (χ1n) is 12.0. The van der Waals surface area contributed by atoms with Gasteiger partial charge in [0.25, 0.3) is 0 Å². The van der Waals surface area contributed by atoms with Gasteiger partial charge >= 0.3 is 5.97 Å². The van der Waals surface area contributed by atoms with E-state index in [9.17, 15) is 14.7 Å². The van der Waals surface area contributed by atoms with Crippen molar-refractivity contribution in [3.63, 3.8) is 0 Å². The van der Waals surface area contributed by atoms with Crippen LogP contribution in [0.25, 0.3) is 0 Å². The molecule has 35 heavy (non-hydrogen) atoms. The van der Waals surface area contributed by atoms with Crippen LogP contribution in [0.2, 0.25) is 0 Å². The first-order chi connectivity index (χ1) is 16.8. The summed E-state index contributed by atoms with van der Waals surface area (Å²) in [7, 11) is 0. The molecule has 0 saturated heterocycles. The highest BCUT2D eigenvalue weighted by molar-refractivity contribution is 6.00. The van der Waals surface area contributed by atoms with E-state index in [0.29, 0.717) is 30.7 Å². The zero-order valence-corrected chi connectivity index (χ0v) is 20.2. The van der Waals surface area contributed by atoms with Crippen molar-refractivity contribution in [1.29, 1.82) is 0 Å². The number of benzene rings is 2. The van der Waals surface area contributed by atoms with Gasteiger partial charge in [-0.25, -0.2) is 0 Å². The molecule has 0 spiro atoms. The van der Waals surface area contributed by atoms with Gasteiger partial charge in [0, 0.05) is 5.41 Å². The van der Waals surface area contributed by atoms with E-state index in [1.807, 2.05) is 68.5 Å². The summed E-state index contributed by atoms with van der Waals surface area (Å²) in [5.74, 6) is -0.754. The second-order valence-corrected chi connectivity index (χ2v) is 9.56. The standard InChI is InChI=1S/C28H33N3O4/c1-19-14-16-28(2,17-15-19)27(29)31-23-10-6-7-11-24(23)35-18-22(25(31)32)30-21(26(33)34)13-12-20-8-4-3-5-9-20/h3-11,14-16,21-22,27,30H,12-13,17-18,29H2,1-2H3,(H,33,34)/t21-,22-,27?,28?/m0/s1. The molecule has 0 saturated carbocycles. The van der Waals surface area contributed by atoms with E-state index >= 15 is 0 Å². The molecule has 4 atom stereocenters. The van der Waals surface area contributed by atoms with Crippen molar-refractivity contribution >= 4 is 17.6 Å². The number of allylic oxidation sites excluding steroid dienone is 3. The third kappa shape index (κ3) is 5.47. The zero-order valence-electron chi connectivity index (χ0n) is 20.2. The molecular weight excluding hydrogens is 442 g/mol. The maximum Gasteiger partial charge on any atom is 0.320 e. The normalized spacial score (nSPS) is 23.5. The Morgan fingerprint density at radius 2 is 1.94 bits per heavy atom. The summed E-state index contributed by atoms with van der Waals surface area (Å²) < 4.78 is 5.99. The topological polar surface area (TPSA) is 105 Å². The smallest absolute Gasteiger partial charge is 0.320 e. The zero-order chi connectivity index (χ0) is 25.0. The highest BCUT2D eigenvalue weighted by Gasteiger charge is 2.42. The van der Waals surface area contributed by atoms with Crippen LogP contribution < -0.4 is 20.7 Å². The molecule has 1 aliphatic heterocycles. The van der Waals surface area contributed by atoms with E-state index in [1.54, 1.807) is 11.0 Å². The number of carboxylic acids is 1. The SMILES string of the molecule is CC1=CCC(C)(C(N)N2C(=O)[C@@H](N[C@@H](CCc3ccccc3)C(=O)O)COc3ccccc32)C=C1. The summed E-state index contributed by atoms with van der Waals surface area (Å²) in [6, 6.07) is 15.2. The molecule has 0 radical (unpaired) electrons. The monoisotopic (exact) mass is 475 g/mol. The average molecular weight is 476 g/mol. The molecule has 0 bridgehead atoms. The summed E-state index contributed by atoms with van der Waals surface area (Å²) in [5.41, 5.74) is 9.09. The summed E-state index contributed by atoms with van der Waals surface area (Å²) in [6.45, 7) is 4.07. The first kappa shape index (κ1) is 24.7. The van der Waals surface area contributed by atoms with Crippen molar-refractivity contribution in [3.05, 3.63) is 84.0 Å². The minimum Gasteiger partial charge on any atom is -0.489 e. The van der Waals surface area contributed by atoms with Crippen LogP contribution >= 0.6 is 0 Å². The molecule has 1 amide bonds. The van der Waals surface area contributed by atoms with Crippen LogP contribution in [0.3, 0.4) is 0 Å². The van der Waals surface area contributed by atoms with E-state index in [4.69, 9.17) is 10.5 Å². The van der Waals surface area contributed by atoms with Crippen LogP contribution in [0.1, 0.15) is 32.3 Å². The molecular formula is C28H33N3O4. The van der Waals surface area contributed by atoms with Crippen molar-refractivity contribution in [2.45, 2.75) is 51.4 Å². The molecule has 4 rings (SSSR count). The molecule has 184 valence electrons. The van der Waals surface area contributed by atoms with E-state index in [1.165, 1.54) is 0 Å². The fourth-order valence-electron chi connectivity index (χ4n) is 4.55. The number of amides is 1. The van der Waals surface area contributed by atoms with Crippen LogP contribution in [-0.4, -0.2) is 41.8 Å². The Hall–Kier alpha value is -3.42. The summed E-state index contributed by atoms with van der Waals surface area (Å²) >= 11 is 0. The lowest BCUT2D eigenvalue weighted by atomic mass is 9.78. The number of nitrogens with one attached hydrogen (secondary N) is 1. The number of nitrogens with two attached hydrogens (primary N) is 1. The molecule has 7 nitrogen and oxygen atoms in total. The molecule has 7 heteroatoms. The number of ether oxygens (including phenoxy) is 1. The number of nitrogens with zero attached hydrogens (tertiary/aromatic N) is 1. The summed E-state index contributed by atoms with van der Waals surface area (Å²) in [6.07, 6.45) is 7.12. The lowest BCUT2D eigenvalue weighted by Crippen LogP contribution is -2.61. The van der Waals surface area contributed by atoms with Gasteiger partial charge in [-0.05, 0) is 43.9 Å². The number of anilines is 1. The Kier molecular flexibility index (Phi) is 7.38. The molecule has 2 aromatic rings. The maximum absolute atomic E-state index is 13.9. The number of fused-ring (bicyclic) bond motifs is 1. The lowest BCUT2D eigenvalue weighted by Gasteiger charge is -2.41. The summed E-state index contributed by atoms with van der Waals surface area (Å²) in [5, 5.41) is 12.9. The van der Waals surface area contributed by atoms with Crippen molar-refractivity contribution in [2.24, 2.45) is 11.1 Å². The van der Waals surface area contributed by atoms with Gasteiger partial charge in [0.15, 0.2) is 0 Å². The molecule has 1 aliphatic carbocycles. The largest absolute Gasteiger partial charge is 0.489 e. The van der Waals surface area contributed by atoms with Gasteiger partial charge in [-0.2, -0.15) is 0 Å². The van der Waals surface area contributed by atoms with E-state index < -0.39 is 29.6 Å². The van der Waals surface area contributed by atoms with Crippen LogP contribution in [0.4, 0.5) is 5.69 Å². The second kappa shape index (κ2) is 10.5. The minimum absolute atomic E-state index is 0.0136. The average Bonchev–Trinajstić information content (AvgIpc) is 2.99. The number of carbonyl (C=O) groups is 2. The Labute approximate surface area is 206 Å². The number of rotatable bonds is 8. The number of hydrogen-bond donors (Lipinski definition) is 3. The molecule has 2 aliphatic rings. The van der Waals surface area contributed by atoms with Crippen LogP contribution in [0, 0.1) is 5.41 Å². The molecule has 2 aromatic carbocycles. The number of hydrogen-bond acceptors (Lipinski definition) is 5. The number of aryl methyl sites for hydroxylation is 1. The van der Waals surface area contributed by atoms with Crippen LogP contribution in [-0.2, 0) is 16.0 Å². The minimum atomic E-state index is -1.01. The second-order valence-electron chi connectivity index (χ2n) is 9.56. The molecule has 2 unspecified atom stereocenters. The van der Waals surface area contributed by atoms with Gasteiger partial charge in [-0.15, -0.1) is 0 Å². The summed E-state index contributed by atoms with van der Waals surface area (Å²) in [4.78, 5) is 27.6. The molecule has 0 fully saturated rings. The Bertz CT molecular complexity index is 1130. The Morgan fingerprint density at radius 3 is 2.63 bits per heavy atom. The fourth-order valence-corrected chi connectivity index (χ4v) is 4.55. The predicted octanol–water partition coefficient (Wildman–Crippen LogP) is 3.65. The lowest BCUT2D eigenvalue weighted by molar-refractivity contribution is -0.140. The van der Waals surface area contributed by atoms with Gasteiger partial charge in [0.05, 0.1) is 11.9 Å². The maximum atomic E-state index is 13.9. The number of carboxylic acid groups (broad SMARTS) is 1. The Balaban J connectivity index is 1.59. The predicted molar refractivity (Wildman–Crippen MR) is 136 cm³/mol. The number of aliphatic carboxylic acids is 1. The number of para-hydroxylation sites is 2. The Morgan fingerprint density at radius 1 is 1.23 bits per heavy atom. The van der Waals surface area contributed by atoms with Gasteiger partial charge in [0.1, 0.15) is 24.4 Å². The van der Waals surface area contributed by atoms with E-state index in [0.717, 1.165) is 11.1 Å². The molecule has 4 N–H and O–H groups in total. The van der Waals surface area contributed by atoms with Gasteiger partial charge in [0.2, 0.25) is 5.91 Å². The van der Waals surface area contributed by atoms with Gasteiger partial charge in [-0.1, -0.05) is 73.2 Å². The van der Waals surface area contributed by atoms with Crippen LogP contribution in [0.15, 0.2) is 78.4 Å². The third-order valence-corrected chi connectivity index (χ3v) is 6.88. The quantitative estimate of drug-likeness (QED) is 0.538. The van der Waals surface area contributed by atoms with Crippen molar-refractivity contribution in [1.82, 2.24) is 5.32 Å². The molecule has 0 aromatic heterocycles. The first-order valence-corrected chi connectivity index (χ1v) is 12.0. The van der Waals surface area contributed by atoms with Gasteiger partial charge in [-0.3, -0.25) is 19.8 Å². The van der Waals surface area contributed by atoms with Gasteiger partial charge < -0.3 is 15.6 Å². The van der Waals surface area contributed by atoms with Crippen LogP contribution in [0.5, 0.6) is 5.75 Å². The fraction of sp³-hybridized carbons (Fsp3) is 0.357. The van der Waals surface area contributed by atoms with Crippen molar-refractivity contribution in [2.75, 3.05) is 11.5 Å². The number of carbonyl (C=O) groups excluding carboxylic acids is 1. The third-order valence-electron chi connectivity index (χ3n) is 6.88. The van der Waals surface area contributed by atoms with Crippen molar-refractivity contribution in [3.8, 4) is 5.75 Å². The highest BCUT2D eigenvalue weighted by Crippen LogP contribution is 2.39. The van der Waals surface area contributed by atoms with E-state index in [2.05, 4.69) is 17.5 Å². The molecule has 1 heterocycles. The highest BCUT2D eigenvalue weighted by atomic mass is 16.5.